The number of benzene rings is 2. The summed E-state index contributed by atoms with van der Waals surface area (Å²) >= 11 is 0.956. The number of carboxylic acid groups (broad SMARTS) is 1. The number of nitro groups is 1. The first-order valence-corrected chi connectivity index (χ1v) is 9.20. The minimum absolute atomic E-state index is 0.0252. The number of non-ortho nitro benzene ring substituents is 1. The van der Waals surface area contributed by atoms with Gasteiger partial charge in [0.1, 0.15) is 23.1 Å². The fourth-order valence-electron chi connectivity index (χ4n) is 2.29. The monoisotopic (exact) mass is 412 g/mol. The van der Waals surface area contributed by atoms with Gasteiger partial charge >= 0.3 is 5.97 Å². The lowest BCUT2D eigenvalue weighted by atomic mass is 10.2. The van der Waals surface area contributed by atoms with Crippen LogP contribution in [0.2, 0.25) is 0 Å². The van der Waals surface area contributed by atoms with Crippen LogP contribution in [0.1, 0.15) is 17.0 Å². The van der Waals surface area contributed by atoms with Gasteiger partial charge in [0, 0.05) is 12.1 Å². The highest BCUT2D eigenvalue weighted by Crippen LogP contribution is 2.26. The molecular formula is C19H16N4O5S. The number of thioether (sulfide) groups is 1. The van der Waals surface area contributed by atoms with Gasteiger partial charge < -0.3 is 9.84 Å². The summed E-state index contributed by atoms with van der Waals surface area (Å²) < 4.78 is 5.66. The van der Waals surface area contributed by atoms with Gasteiger partial charge in [0.05, 0.1) is 4.92 Å². The van der Waals surface area contributed by atoms with Gasteiger partial charge in [-0.05, 0) is 60.2 Å². The highest BCUT2D eigenvalue weighted by Gasteiger charge is 2.13. The van der Waals surface area contributed by atoms with Crippen molar-refractivity contribution in [1.82, 2.24) is 15.2 Å². The number of nitrogens with zero attached hydrogens (tertiary/aromatic N) is 3. The molecular weight excluding hydrogens is 396 g/mol. The molecule has 0 bridgehead atoms. The SMILES string of the molecule is Cc1nc(S/C(=C\c2ccc(OCc3ccc([N+](=O)[O-])cc3)cc2)C(=O)O)n[nH]1. The Morgan fingerprint density at radius 2 is 1.93 bits per heavy atom. The lowest BCUT2D eigenvalue weighted by Gasteiger charge is -2.07. The molecule has 0 aliphatic heterocycles. The number of carbonyl (C=O) groups is 1. The van der Waals surface area contributed by atoms with E-state index in [-0.39, 0.29) is 17.2 Å². The molecule has 0 radical (unpaired) electrons. The van der Waals surface area contributed by atoms with Crippen molar-refractivity contribution in [2.45, 2.75) is 18.7 Å². The minimum atomic E-state index is -1.07. The zero-order chi connectivity index (χ0) is 20.8. The zero-order valence-electron chi connectivity index (χ0n) is 15.2. The van der Waals surface area contributed by atoms with E-state index in [9.17, 15) is 20.0 Å². The molecule has 2 aromatic carbocycles. The van der Waals surface area contributed by atoms with E-state index < -0.39 is 10.9 Å². The highest BCUT2D eigenvalue weighted by molar-refractivity contribution is 8.04. The molecule has 0 spiro atoms. The minimum Gasteiger partial charge on any atom is -0.489 e. The van der Waals surface area contributed by atoms with Gasteiger partial charge in [0.15, 0.2) is 0 Å². The Hall–Kier alpha value is -3.66. The second kappa shape index (κ2) is 9.02. The van der Waals surface area contributed by atoms with Gasteiger partial charge in [-0.3, -0.25) is 15.2 Å². The summed E-state index contributed by atoms with van der Waals surface area (Å²) in [7, 11) is 0. The Bertz CT molecular complexity index is 1050. The van der Waals surface area contributed by atoms with Crippen LogP contribution in [0.25, 0.3) is 6.08 Å². The number of aromatic amines is 1. The van der Waals surface area contributed by atoms with Crippen LogP contribution in [0.15, 0.2) is 58.6 Å². The maximum atomic E-state index is 11.5. The van der Waals surface area contributed by atoms with Crippen LogP contribution in [-0.4, -0.2) is 31.2 Å². The molecule has 2 N–H and O–H groups in total. The fraction of sp³-hybridized carbons (Fsp3) is 0.105. The second-order valence-corrected chi connectivity index (χ2v) is 6.91. The molecule has 0 unspecified atom stereocenters. The Morgan fingerprint density at radius 1 is 1.24 bits per heavy atom. The standard InChI is InChI=1S/C19H16N4O5S/c1-12-20-19(22-21-12)29-17(18(24)25)10-13-4-8-16(9-5-13)28-11-14-2-6-15(7-3-14)23(26)27/h2-10H,11H2,1H3,(H,24,25)(H,20,21,22)/b17-10-. The molecule has 0 fully saturated rings. The number of hydrogen-bond acceptors (Lipinski definition) is 7. The summed E-state index contributed by atoms with van der Waals surface area (Å²) in [5, 5.41) is 27.0. The third-order valence-corrected chi connectivity index (χ3v) is 4.60. The maximum absolute atomic E-state index is 11.5. The highest BCUT2D eigenvalue weighted by atomic mass is 32.2. The number of nitrogens with one attached hydrogen (secondary N) is 1. The van der Waals surface area contributed by atoms with Crippen LogP contribution in [0.4, 0.5) is 5.69 Å². The molecule has 10 heteroatoms. The van der Waals surface area contributed by atoms with Crippen molar-refractivity contribution < 1.29 is 19.6 Å². The predicted octanol–water partition coefficient (Wildman–Crippen LogP) is 3.82. The smallest absolute Gasteiger partial charge is 0.342 e. The summed E-state index contributed by atoms with van der Waals surface area (Å²) in [5.41, 5.74) is 1.51. The van der Waals surface area contributed by atoms with Crippen LogP contribution in [-0.2, 0) is 11.4 Å². The first kappa shape index (κ1) is 20.1. The molecule has 1 aromatic heterocycles. The van der Waals surface area contributed by atoms with E-state index in [1.807, 2.05) is 0 Å². The lowest BCUT2D eigenvalue weighted by molar-refractivity contribution is -0.384. The molecule has 1 heterocycles. The van der Waals surface area contributed by atoms with Crippen molar-refractivity contribution in [2.24, 2.45) is 0 Å². The summed E-state index contributed by atoms with van der Waals surface area (Å²) in [6, 6.07) is 13.0. The van der Waals surface area contributed by atoms with Crippen molar-refractivity contribution in [1.29, 1.82) is 0 Å². The van der Waals surface area contributed by atoms with Gasteiger partial charge in [0.2, 0.25) is 5.16 Å². The second-order valence-electron chi connectivity index (χ2n) is 5.90. The third-order valence-electron chi connectivity index (χ3n) is 3.72. The van der Waals surface area contributed by atoms with Crippen LogP contribution in [0.5, 0.6) is 5.75 Å². The van der Waals surface area contributed by atoms with Gasteiger partial charge in [-0.25, -0.2) is 9.78 Å². The van der Waals surface area contributed by atoms with Crippen LogP contribution in [0.3, 0.4) is 0 Å². The van der Waals surface area contributed by atoms with E-state index >= 15 is 0 Å². The van der Waals surface area contributed by atoms with E-state index in [1.165, 1.54) is 18.2 Å². The van der Waals surface area contributed by atoms with Gasteiger partial charge in [-0.2, -0.15) is 0 Å². The van der Waals surface area contributed by atoms with Gasteiger partial charge in [0.25, 0.3) is 5.69 Å². The largest absolute Gasteiger partial charge is 0.489 e. The number of aromatic nitrogens is 3. The summed E-state index contributed by atoms with van der Waals surface area (Å²) in [4.78, 5) is 25.9. The number of carboxylic acids is 1. The van der Waals surface area contributed by atoms with E-state index in [0.29, 0.717) is 22.3 Å². The van der Waals surface area contributed by atoms with Crippen LogP contribution < -0.4 is 4.74 Å². The fourth-order valence-corrected chi connectivity index (χ4v) is 3.05. The van der Waals surface area contributed by atoms with Crippen molar-refractivity contribution in [3.8, 4) is 5.75 Å². The molecule has 3 rings (SSSR count). The number of aliphatic carboxylic acids is 1. The number of H-pyrrole nitrogens is 1. The van der Waals surface area contributed by atoms with E-state index in [1.54, 1.807) is 43.3 Å². The molecule has 0 aliphatic rings. The molecule has 0 saturated heterocycles. The Kier molecular flexibility index (Phi) is 6.25. The maximum Gasteiger partial charge on any atom is 0.342 e. The topological polar surface area (TPSA) is 131 Å². The number of hydrogen-bond donors (Lipinski definition) is 2. The first-order chi connectivity index (χ1) is 13.9. The molecule has 9 nitrogen and oxygen atoms in total. The molecule has 148 valence electrons. The zero-order valence-corrected chi connectivity index (χ0v) is 16.0. The molecule has 0 amide bonds. The summed E-state index contributed by atoms with van der Waals surface area (Å²) in [5.74, 6) is 0.123. The van der Waals surface area contributed by atoms with Crippen molar-refractivity contribution in [3.63, 3.8) is 0 Å². The Balaban J connectivity index is 1.64. The Labute approximate surface area is 169 Å². The first-order valence-electron chi connectivity index (χ1n) is 8.39. The number of ether oxygens (including phenoxy) is 1. The Morgan fingerprint density at radius 3 is 2.48 bits per heavy atom. The predicted molar refractivity (Wildman–Crippen MR) is 106 cm³/mol. The van der Waals surface area contributed by atoms with Crippen LogP contribution in [0, 0.1) is 17.0 Å². The molecule has 0 saturated carbocycles. The molecule has 0 aliphatic carbocycles. The quantitative estimate of drug-likeness (QED) is 0.247. The van der Waals surface area contributed by atoms with E-state index in [4.69, 9.17) is 4.74 Å². The number of nitro benzene ring substituents is 1. The summed E-state index contributed by atoms with van der Waals surface area (Å²) in [6.07, 6.45) is 1.53. The molecule has 0 atom stereocenters. The van der Waals surface area contributed by atoms with Crippen LogP contribution >= 0.6 is 11.8 Å². The van der Waals surface area contributed by atoms with Crippen molar-refractivity contribution in [2.75, 3.05) is 0 Å². The van der Waals surface area contributed by atoms with E-state index in [0.717, 1.165) is 17.3 Å². The number of aryl methyl sites for hydroxylation is 1. The van der Waals surface area contributed by atoms with E-state index in [2.05, 4.69) is 15.2 Å². The molecule has 3 aromatic rings. The van der Waals surface area contributed by atoms with Gasteiger partial charge in [-0.15, -0.1) is 5.10 Å². The third kappa shape index (κ3) is 5.66. The number of rotatable bonds is 8. The summed E-state index contributed by atoms with van der Waals surface area (Å²) in [6.45, 7) is 1.99. The average Bonchev–Trinajstić information content (AvgIpc) is 3.12. The lowest BCUT2D eigenvalue weighted by Crippen LogP contribution is -1.98. The van der Waals surface area contributed by atoms with Gasteiger partial charge in [-0.1, -0.05) is 12.1 Å². The average molecular weight is 412 g/mol. The van der Waals surface area contributed by atoms with Crippen molar-refractivity contribution in [3.05, 3.63) is 80.5 Å². The molecule has 29 heavy (non-hydrogen) atoms. The van der Waals surface area contributed by atoms with Crippen molar-refractivity contribution >= 4 is 29.5 Å². The normalized spacial score (nSPS) is 11.3.